The summed E-state index contributed by atoms with van der Waals surface area (Å²) in [5, 5.41) is 1.80. The molecule has 1 aromatic heterocycles. The molecule has 0 amide bonds. The molecule has 5 heteroatoms. The molecule has 3 nitrogen and oxygen atoms in total. The maximum Gasteiger partial charge on any atom is 0.253 e. The molecule has 1 atom stereocenters. The highest BCUT2D eigenvalue weighted by atomic mass is 32.2. The Hall–Kier alpha value is -0.650. The standard InChI is InChI=1S/C12H17NO2S2/c1-2-3-6-11-7-4-9-13(11)17(14,15)12-8-5-10-16-12/h4-5,7-8,10-11H,2-3,6,9H2,1H3. The average molecular weight is 271 g/mol. The summed E-state index contributed by atoms with van der Waals surface area (Å²) in [4.78, 5) is 0. The molecule has 94 valence electrons. The molecule has 1 aliphatic heterocycles. The lowest BCUT2D eigenvalue weighted by Crippen LogP contribution is -2.35. The van der Waals surface area contributed by atoms with Gasteiger partial charge in [-0.15, -0.1) is 11.3 Å². The van der Waals surface area contributed by atoms with E-state index in [1.54, 1.807) is 21.8 Å². The zero-order valence-electron chi connectivity index (χ0n) is 9.87. The molecule has 0 bridgehead atoms. The van der Waals surface area contributed by atoms with E-state index in [9.17, 15) is 8.42 Å². The van der Waals surface area contributed by atoms with Crippen LogP contribution < -0.4 is 0 Å². The van der Waals surface area contributed by atoms with Gasteiger partial charge in [-0.1, -0.05) is 38.0 Å². The van der Waals surface area contributed by atoms with Crippen LogP contribution in [-0.4, -0.2) is 25.3 Å². The molecule has 0 spiro atoms. The Labute approximate surface area is 107 Å². The van der Waals surface area contributed by atoms with Crippen molar-refractivity contribution in [2.24, 2.45) is 0 Å². The fourth-order valence-corrected chi connectivity index (χ4v) is 4.69. The smallest absolute Gasteiger partial charge is 0.206 e. The number of thiophene rings is 1. The maximum absolute atomic E-state index is 12.4. The van der Waals surface area contributed by atoms with E-state index in [-0.39, 0.29) is 6.04 Å². The number of hydrogen-bond donors (Lipinski definition) is 0. The van der Waals surface area contributed by atoms with Crippen molar-refractivity contribution in [2.45, 2.75) is 36.4 Å². The van der Waals surface area contributed by atoms with Crippen molar-refractivity contribution < 1.29 is 8.42 Å². The Morgan fingerprint density at radius 1 is 1.53 bits per heavy atom. The molecule has 1 aromatic rings. The molecular weight excluding hydrogens is 254 g/mol. The first-order valence-electron chi connectivity index (χ1n) is 5.88. The predicted octanol–water partition coefficient (Wildman–Crippen LogP) is 2.87. The highest BCUT2D eigenvalue weighted by molar-refractivity contribution is 7.91. The highest BCUT2D eigenvalue weighted by Gasteiger charge is 2.32. The first-order valence-corrected chi connectivity index (χ1v) is 8.20. The minimum absolute atomic E-state index is 0.0436. The molecule has 2 heterocycles. The van der Waals surface area contributed by atoms with E-state index in [1.807, 2.05) is 12.2 Å². The van der Waals surface area contributed by atoms with E-state index in [2.05, 4.69) is 6.92 Å². The van der Waals surface area contributed by atoms with Crippen LogP contribution in [0.4, 0.5) is 0 Å². The number of rotatable bonds is 5. The fraction of sp³-hybridized carbons (Fsp3) is 0.500. The summed E-state index contributed by atoms with van der Waals surface area (Å²) < 4.78 is 26.8. The first kappa shape index (κ1) is 12.8. The second-order valence-electron chi connectivity index (χ2n) is 4.14. The van der Waals surface area contributed by atoms with Crippen LogP contribution in [0.1, 0.15) is 26.2 Å². The van der Waals surface area contributed by atoms with Crippen LogP contribution in [0.15, 0.2) is 33.9 Å². The van der Waals surface area contributed by atoms with Gasteiger partial charge in [0.05, 0.1) is 0 Å². The van der Waals surface area contributed by atoms with Gasteiger partial charge in [-0.25, -0.2) is 8.42 Å². The van der Waals surface area contributed by atoms with Gasteiger partial charge in [-0.3, -0.25) is 0 Å². The molecule has 2 rings (SSSR count). The molecule has 0 aromatic carbocycles. The summed E-state index contributed by atoms with van der Waals surface area (Å²) in [5.74, 6) is 0. The highest BCUT2D eigenvalue weighted by Crippen LogP contribution is 2.27. The molecule has 0 fully saturated rings. The van der Waals surface area contributed by atoms with Crippen LogP contribution in [0.5, 0.6) is 0 Å². The molecule has 1 aliphatic rings. The molecule has 0 saturated carbocycles. The van der Waals surface area contributed by atoms with Crippen molar-refractivity contribution in [3.05, 3.63) is 29.7 Å². The Balaban J connectivity index is 2.17. The van der Waals surface area contributed by atoms with Gasteiger partial charge in [0.15, 0.2) is 0 Å². The van der Waals surface area contributed by atoms with Crippen molar-refractivity contribution in [2.75, 3.05) is 6.54 Å². The maximum atomic E-state index is 12.4. The molecule has 0 N–H and O–H groups in total. The number of nitrogens with zero attached hydrogens (tertiary/aromatic N) is 1. The van der Waals surface area contributed by atoms with Gasteiger partial charge in [0, 0.05) is 12.6 Å². The molecule has 0 saturated heterocycles. The molecule has 1 unspecified atom stereocenters. The van der Waals surface area contributed by atoms with Crippen molar-refractivity contribution in [3.8, 4) is 0 Å². The van der Waals surface area contributed by atoms with E-state index in [4.69, 9.17) is 0 Å². The number of unbranched alkanes of at least 4 members (excludes halogenated alkanes) is 1. The lowest BCUT2D eigenvalue weighted by molar-refractivity contribution is 0.388. The van der Waals surface area contributed by atoms with E-state index in [0.717, 1.165) is 19.3 Å². The quantitative estimate of drug-likeness (QED) is 0.772. The second-order valence-corrected chi connectivity index (χ2v) is 7.21. The van der Waals surface area contributed by atoms with Gasteiger partial charge in [-0.05, 0) is 17.9 Å². The topological polar surface area (TPSA) is 37.4 Å². The lowest BCUT2D eigenvalue weighted by atomic mass is 10.1. The Morgan fingerprint density at radius 3 is 3.00 bits per heavy atom. The van der Waals surface area contributed by atoms with E-state index >= 15 is 0 Å². The van der Waals surface area contributed by atoms with Gasteiger partial charge in [0.2, 0.25) is 0 Å². The van der Waals surface area contributed by atoms with Gasteiger partial charge < -0.3 is 0 Å². The minimum Gasteiger partial charge on any atom is -0.206 e. The lowest BCUT2D eigenvalue weighted by Gasteiger charge is -2.23. The van der Waals surface area contributed by atoms with Gasteiger partial charge in [0.25, 0.3) is 10.0 Å². The number of hydrogen-bond acceptors (Lipinski definition) is 3. The first-order chi connectivity index (χ1) is 8.16. The van der Waals surface area contributed by atoms with Crippen LogP contribution in [0.25, 0.3) is 0 Å². The normalized spacial score (nSPS) is 21.1. The zero-order chi connectivity index (χ0) is 12.3. The largest absolute Gasteiger partial charge is 0.253 e. The number of sulfonamides is 1. The predicted molar refractivity (Wildman–Crippen MR) is 70.7 cm³/mol. The van der Waals surface area contributed by atoms with Crippen LogP contribution in [-0.2, 0) is 10.0 Å². The summed E-state index contributed by atoms with van der Waals surface area (Å²) in [6.45, 7) is 2.63. The van der Waals surface area contributed by atoms with Crippen molar-refractivity contribution in [1.29, 1.82) is 0 Å². The van der Waals surface area contributed by atoms with Crippen LogP contribution in [0.2, 0.25) is 0 Å². The fourth-order valence-electron chi connectivity index (χ4n) is 2.01. The third-order valence-corrected chi connectivity index (χ3v) is 6.19. The Kier molecular flexibility index (Phi) is 4.01. The molecule has 0 radical (unpaired) electrons. The van der Waals surface area contributed by atoms with Crippen molar-refractivity contribution in [1.82, 2.24) is 4.31 Å². The summed E-state index contributed by atoms with van der Waals surface area (Å²) in [6, 6.07) is 3.50. The van der Waals surface area contributed by atoms with Gasteiger partial charge in [-0.2, -0.15) is 4.31 Å². The zero-order valence-corrected chi connectivity index (χ0v) is 11.5. The third-order valence-electron chi connectivity index (χ3n) is 2.92. The van der Waals surface area contributed by atoms with E-state index in [1.165, 1.54) is 11.3 Å². The Morgan fingerprint density at radius 2 is 2.35 bits per heavy atom. The molecule has 0 aliphatic carbocycles. The van der Waals surface area contributed by atoms with Crippen molar-refractivity contribution >= 4 is 21.4 Å². The average Bonchev–Trinajstić information content (AvgIpc) is 2.97. The Bertz CT molecular complexity index is 477. The van der Waals surface area contributed by atoms with Crippen LogP contribution >= 0.6 is 11.3 Å². The van der Waals surface area contributed by atoms with Crippen LogP contribution in [0, 0.1) is 0 Å². The second kappa shape index (κ2) is 5.33. The molecular formula is C12H17NO2S2. The monoisotopic (exact) mass is 271 g/mol. The summed E-state index contributed by atoms with van der Waals surface area (Å²) in [6.07, 6.45) is 7.03. The van der Waals surface area contributed by atoms with Crippen LogP contribution in [0.3, 0.4) is 0 Å². The SMILES string of the molecule is CCCCC1C=CCN1S(=O)(=O)c1cccs1. The summed E-state index contributed by atoms with van der Waals surface area (Å²) >= 11 is 1.29. The molecule has 17 heavy (non-hydrogen) atoms. The summed E-state index contributed by atoms with van der Waals surface area (Å²) in [7, 11) is -3.29. The van der Waals surface area contributed by atoms with Crippen molar-refractivity contribution in [3.63, 3.8) is 0 Å². The van der Waals surface area contributed by atoms with E-state index < -0.39 is 10.0 Å². The van der Waals surface area contributed by atoms with Gasteiger partial charge in [0.1, 0.15) is 4.21 Å². The third kappa shape index (κ3) is 2.61. The van der Waals surface area contributed by atoms with E-state index in [0.29, 0.717) is 10.8 Å². The minimum atomic E-state index is -3.29. The summed E-state index contributed by atoms with van der Waals surface area (Å²) in [5.41, 5.74) is 0. The van der Waals surface area contributed by atoms with Gasteiger partial charge >= 0.3 is 0 Å².